The average Bonchev–Trinajstić information content (AvgIpc) is 3.16. The van der Waals surface area contributed by atoms with Crippen LogP contribution in [0.25, 0.3) is 0 Å². The lowest BCUT2D eigenvalue weighted by atomic mass is 10.0. The van der Waals surface area contributed by atoms with Crippen molar-refractivity contribution in [3.63, 3.8) is 0 Å². The number of likely N-dealkylation sites (tertiary alicyclic amines) is 1. The number of ether oxygens (including phenoxy) is 2. The van der Waals surface area contributed by atoms with E-state index in [9.17, 15) is 4.79 Å². The van der Waals surface area contributed by atoms with Gasteiger partial charge in [0, 0.05) is 37.8 Å². The van der Waals surface area contributed by atoms with Gasteiger partial charge in [0.15, 0.2) is 5.79 Å². The normalized spacial score (nSPS) is 18.6. The molecule has 6 nitrogen and oxygen atoms in total. The molecule has 1 aromatic heterocycles. The molecule has 0 bridgehead atoms. The van der Waals surface area contributed by atoms with Crippen LogP contribution in [0.4, 0.5) is 11.4 Å². The second-order valence-corrected chi connectivity index (χ2v) is 7.73. The Kier molecular flexibility index (Phi) is 5.33. The molecule has 0 aliphatic carbocycles. The summed E-state index contributed by atoms with van der Waals surface area (Å²) < 4.78 is 11.5. The molecule has 2 saturated heterocycles. The highest BCUT2D eigenvalue weighted by Gasteiger charge is 2.40. The summed E-state index contributed by atoms with van der Waals surface area (Å²) in [4.78, 5) is 19.1. The molecule has 1 aromatic carbocycles. The van der Waals surface area contributed by atoms with Crippen molar-refractivity contribution >= 4 is 17.3 Å². The van der Waals surface area contributed by atoms with Gasteiger partial charge >= 0.3 is 0 Å². The summed E-state index contributed by atoms with van der Waals surface area (Å²) in [7, 11) is 0. The number of benzene rings is 1. The van der Waals surface area contributed by atoms with Gasteiger partial charge in [0.2, 0.25) is 0 Å². The molecule has 1 N–H and O–H groups in total. The topological polar surface area (TPSA) is 63.7 Å². The largest absolute Gasteiger partial charge is 0.354 e. The molecular formula is C22H27N3O3. The van der Waals surface area contributed by atoms with Crippen molar-refractivity contribution in [3.05, 3.63) is 53.9 Å². The first kappa shape index (κ1) is 18.9. The minimum absolute atomic E-state index is 0.00106. The Morgan fingerprint density at radius 1 is 1.14 bits per heavy atom. The molecule has 28 heavy (non-hydrogen) atoms. The molecule has 148 valence electrons. The summed E-state index contributed by atoms with van der Waals surface area (Å²) in [6, 6.07) is 10.1. The van der Waals surface area contributed by atoms with Crippen LogP contribution in [0, 0.1) is 0 Å². The summed E-state index contributed by atoms with van der Waals surface area (Å²) in [5, 5.41) is 3.42. The summed E-state index contributed by atoms with van der Waals surface area (Å²) >= 11 is 0. The maximum atomic E-state index is 13.0. The predicted molar refractivity (Wildman–Crippen MR) is 108 cm³/mol. The number of carbonyl (C=O) groups is 1. The highest BCUT2D eigenvalue weighted by molar-refractivity contribution is 5.95. The zero-order chi connectivity index (χ0) is 19.6. The number of hydrogen-bond acceptors (Lipinski definition) is 5. The third-order valence-electron chi connectivity index (χ3n) is 5.47. The molecule has 0 atom stereocenters. The van der Waals surface area contributed by atoms with E-state index in [1.807, 2.05) is 23.1 Å². The van der Waals surface area contributed by atoms with Crippen LogP contribution in [0.5, 0.6) is 0 Å². The van der Waals surface area contributed by atoms with Crippen molar-refractivity contribution in [2.45, 2.75) is 38.4 Å². The Hall–Kier alpha value is -2.44. The van der Waals surface area contributed by atoms with E-state index in [2.05, 4.69) is 36.3 Å². The molecule has 1 spiro atoms. The molecular weight excluding hydrogens is 354 g/mol. The van der Waals surface area contributed by atoms with E-state index in [1.165, 1.54) is 5.56 Å². The van der Waals surface area contributed by atoms with Gasteiger partial charge in [0.05, 0.1) is 30.7 Å². The van der Waals surface area contributed by atoms with Gasteiger partial charge < -0.3 is 19.7 Å². The van der Waals surface area contributed by atoms with Crippen LogP contribution in [0.1, 0.15) is 48.5 Å². The van der Waals surface area contributed by atoms with Crippen LogP contribution in [-0.2, 0) is 9.47 Å². The maximum Gasteiger partial charge on any atom is 0.255 e. The molecule has 4 rings (SSSR count). The third-order valence-corrected chi connectivity index (χ3v) is 5.47. The van der Waals surface area contributed by atoms with E-state index in [0.717, 1.165) is 11.4 Å². The second-order valence-electron chi connectivity index (χ2n) is 7.73. The fourth-order valence-electron chi connectivity index (χ4n) is 3.91. The van der Waals surface area contributed by atoms with Crippen LogP contribution >= 0.6 is 0 Å². The zero-order valence-corrected chi connectivity index (χ0v) is 16.5. The highest BCUT2D eigenvalue weighted by Crippen LogP contribution is 2.32. The quantitative estimate of drug-likeness (QED) is 0.869. The molecule has 0 unspecified atom stereocenters. The van der Waals surface area contributed by atoms with Crippen molar-refractivity contribution in [2.24, 2.45) is 0 Å². The van der Waals surface area contributed by atoms with Crippen LogP contribution in [0.3, 0.4) is 0 Å². The van der Waals surface area contributed by atoms with Crippen LogP contribution in [0.15, 0.2) is 42.7 Å². The first-order chi connectivity index (χ1) is 13.6. The molecule has 2 fully saturated rings. The van der Waals surface area contributed by atoms with Crippen LogP contribution < -0.4 is 5.32 Å². The van der Waals surface area contributed by atoms with Crippen molar-refractivity contribution in [2.75, 3.05) is 31.6 Å². The van der Waals surface area contributed by atoms with E-state index < -0.39 is 5.79 Å². The van der Waals surface area contributed by atoms with Gasteiger partial charge in [-0.25, -0.2) is 0 Å². The Bertz CT molecular complexity index is 836. The molecule has 2 aliphatic rings. The molecule has 2 aliphatic heterocycles. The number of hydrogen-bond donors (Lipinski definition) is 1. The number of nitrogens with one attached hydrogen (secondary N) is 1. The fourth-order valence-corrected chi connectivity index (χ4v) is 3.91. The number of rotatable bonds is 4. The average molecular weight is 381 g/mol. The first-order valence-electron chi connectivity index (χ1n) is 9.94. The predicted octanol–water partition coefficient (Wildman–Crippen LogP) is 3.93. The van der Waals surface area contributed by atoms with Crippen molar-refractivity contribution in [3.8, 4) is 0 Å². The van der Waals surface area contributed by atoms with Gasteiger partial charge in [-0.15, -0.1) is 0 Å². The summed E-state index contributed by atoms with van der Waals surface area (Å²) in [5.41, 5.74) is 3.68. The minimum Gasteiger partial charge on any atom is -0.354 e. The van der Waals surface area contributed by atoms with E-state index in [0.29, 0.717) is 50.6 Å². The Morgan fingerprint density at radius 2 is 1.86 bits per heavy atom. The molecule has 6 heteroatoms. The molecule has 0 radical (unpaired) electrons. The lowest BCUT2D eigenvalue weighted by molar-refractivity contribution is -0.181. The summed E-state index contributed by atoms with van der Waals surface area (Å²) in [5.74, 6) is -0.0674. The number of nitrogens with zero attached hydrogens (tertiary/aromatic N) is 2. The number of para-hydroxylation sites is 1. The number of aromatic nitrogens is 1. The molecule has 3 heterocycles. The molecule has 2 aromatic rings. The molecule has 0 saturated carbocycles. The van der Waals surface area contributed by atoms with E-state index in [-0.39, 0.29) is 5.91 Å². The number of pyridine rings is 1. The van der Waals surface area contributed by atoms with Gasteiger partial charge in [0.25, 0.3) is 5.91 Å². The Morgan fingerprint density at radius 3 is 2.57 bits per heavy atom. The smallest absolute Gasteiger partial charge is 0.255 e. The minimum atomic E-state index is -0.473. The standard InChI is InChI=1S/C22H27N3O3/c1-16(2)19-5-3-4-6-20(19)24-18-13-17(14-23-15-18)21(26)25-9-7-22(8-10-25)27-11-12-28-22/h3-6,13-16,24H,7-12H2,1-2H3. The second kappa shape index (κ2) is 7.89. The van der Waals surface area contributed by atoms with Gasteiger partial charge in [-0.1, -0.05) is 32.0 Å². The SMILES string of the molecule is CC(C)c1ccccc1Nc1cncc(C(=O)N2CCC3(CC2)OCCO3)c1. The molecule has 1 amide bonds. The van der Waals surface area contributed by atoms with Gasteiger partial charge in [-0.3, -0.25) is 9.78 Å². The monoisotopic (exact) mass is 381 g/mol. The summed E-state index contributed by atoms with van der Waals surface area (Å²) in [6.45, 7) is 6.88. The van der Waals surface area contributed by atoms with E-state index >= 15 is 0 Å². The Labute approximate surface area is 165 Å². The lowest BCUT2D eigenvalue weighted by Crippen LogP contribution is -2.47. The number of amides is 1. The van der Waals surface area contributed by atoms with E-state index in [4.69, 9.17) is 9.47 Å². The van der Waals surface area contributed by atoms with Crippen LogP contribution in [-0.4, -0.2) is 47.9 Å². The fraction of sp³-hybridized carbons (Fsp3) is 0.455. The van der Waals surface area contributed by atoms with E-state index in [1.54, 1.807) is 12.4 Å². The third kappa shape index (κ3) is 3.88. The van der Waals surface area contributed by atoms with Gasteiger partial charge in [-0.2, -0.15) is 0 Å². The van der Waals surface area contributed by atoms with Gasteiger partial charge in [0.1, 0.15) is 0 Å². The Balaban J connectivity index is 1.46. The van der Waals surface area contributed by atoms with Crippen LogP contribution in [0.2, 0.25) is 0 Å². The maximum absolute atomic E-state index is 13.0. The van der Waals surface area contributed by atoms with Crippen molar-refractivity contribution in [1.82, 2.24) is 9.88 Å². The van der Waals surface area contributed by atoms with Gasteiger partial charge in [-0.05, 0) is 23.6 Å². The number of piperidine rings is 1. The summed E-state index contributed by atoms with van der Waals surface area (Å²) in [6.07, 6.45) is 4.81. The number of anilines is 2. The zero-order valence-electron chi connectivity index (χ0n) is 16.5. The first-order valence-corrected chi connectivity index (χ1v) is 9.94. The van der Waals surface area contributed by atoms with Crippen molar-refractivity contribution < 1.29 is 14.3 Å². The highest BCUT2D eigenvalue weighted by atomic mass is 16.7. The lowest BCUT2D eigenvalue weighted by Gasteiger charge is -2.37. The number of carbonyl (C=O) groups excluding carboxylic acids is 1. The van der Waals surface area contributed by atoms with Crippen molar-refractivity contribution in [1.29, 1.82) is 0 Å².